The lowest BCUT2D eigenvalue weighted by molar-refractivity contribution is -0.228. The molecule has 4 rings (SSSR count). The Kier molecular flexibility index (Phi) is 4.29. The van der Waals surface area contributed by atoms with E-state index >= 15 is 4.39 Å². The first-order valence-electron chi connectivity index (χ1n) is 10.4. The van der Waals surface area contributed by atoms with Crippen LogP contribution in [0.4, 0.5) is 4.39 Å². The van der Waals surface area contributed by atoms with Gasteiger partial charge in [0.2, 0.25) is 0 Å². The van der Waals surface area contributed by atoms with Gasteiger partial charge in [-0.25, -0.2) is 4.39 Å². The predicted molar refractivity (Wildman–Crippen MR) is 100 cm³/mol. The Labute approximate surface area is 165 Å². The van der Waals surface area contributed by atoms with Gasteiger partial charge < -0.3 is 15.3 Å². The van der Waals surface area contributed by atoms with Crippen molar-refractivity contribution in [1.82, 2.24) is 0 Å². The number of rotatable bonds is 2. The first-order chi connectivity index (χ1) is 13.0. The second-order valence-corrected chi connectivity index (χ2v) is 10.1. The Bertz CT molecular complexity index is 764. The summed E-state index contributed by atoms with van der Waals surface area (Å²) in [5, 5.41) is 32.0. The van der Waals surface area contributed by atoms with Crippen LogP contribution in [0.25, 0.3) is 0 Å². The molecule has 0 aromatic heterocycles. The quantitative estimate of drug-likeness (QED) is 0.667. The molecule has 0 bridgehead atoms. The minimum Gasteiger partial charge on any atom is -0.390 e. The van der Waals surface area contributed by atoms with Crippen LogP contribution in [0.15, 0.2) is 11.6 Å². The van der Waals surface area contributed by atoms with Crippen molar-refractivity contribution in [2.24, 2.45) is 28.6 Å². The molecule has 0 aliphatic heterocycles. The summed E-state index contributed by atoms with van der Waals surface area (Å²) < 4.78 is 16.9. The third kappa shape index (κ3) is 2.07. The van der Waals surface area contributed by atoms with Crippen molar-refractivity contribution in [3.8, 4) is 0 Å². The molecule has 4 aliphatic carbocycles. The number of carbonyl (C=O) groups excluding carboxylic acids is 2. The zero-order valence-electron chi connectivity index (χ0n) is 16.9. The topological polar surface area (TPSA) is 94.8 Å². The van der Waals surface area contributed by atoms with Crippen LogP contribution in [0.3, 0.4) is 0 Å². The SMILES string of the molecule is C[C@H]1C[C@@H]2[C@@H]3CCC4=CC(=O)CC[C@]4(C)[C@@]3(F)[C@@H](O)C[C@]2(C)[C@@]1(O)C(=O)CO. The fraction of sp³-hybridized carbons (Fsp3) is 0.818. The van der Waals surface area contributed by atoms with Gasteiger partial charge in [-0.3, -0.25) is 9.59 Å². The van der Waals surface area contributed by atoms with Gasteiger partial charge in [0, 0.05) is 23.2 Å². The number of aliphatic hydroxyl groups excluding tert-OH is 2. The molecule has 4 aliphatic rings. The van der Waals surface area contributed by atoms with E-state index in [0.29, 0.717) is 25.7 Å². The van der Waals surface area contributed by atoms with Crippen molar-refractivity contribution in [3.63, 3.8) is 0 Å². The third-order valence-electron chi connectivity index (χ3n) is 9.19. The van der Waals surface area contributed by atoms with Gasteiger partial charge in [-0.1, -0.05) is 26.3 Å². The van der Waals surface area contributed by atoms with E-state index in [-0.39, 0.29) is 24.5 Å². The van der Waals surface area contributed by atoms with Crippen LogP contribution < -0.4 is 0 Å². The first kappa shape index (κ1) is 20.2. The average molecular weight is 394 g/mol. The summed E-state index contributed by atoms with van der Waals surface area (Å²) in [6.07, 6.45) is 2.41. The Balaban J connectivity index is 1.83. The van der Waals surface area contributed by atoms with E-state index in [9.17, 15) is 24.9 Å². The van der Waals surface area contributed by atoms with Gasteiger partial charge in [-0.2, -0.15) is 0 Å². The summed E-state index contributed by atoms with van der Waals surface area (Å²) in [5.74, 6) is -1.82. The lowest BCUT2D eigenvalue weighted by Gasteiger charge is -2.63. The van der Waals surface area contributed by atoms with Crippen molar-refractivity contribution >= 4 is 11.6 Å². The Morgan fingerprint density at radius 1 is 1.29 bits per heavy atom. The molecular formula is C22H31FO5. The number of halogens is 1. The summed E-state index contributed by atoms with van der Waals surface area (Å²) in [6, 6.07) is 0. The molecule has 0 radical (unpaired) electrons. The van der Waals surface area contributed by atoms with Crippen LogP contribution in [0, 0.1) is 28.6 Å². The number of ketones is 2. The number of fused-ring (bicyclic) bond motifs is 5. The average Bonchev–Trinajstić information content (AvgIpc) is 2.84. The standard InChI is InChI=1S/C22H31FO5/c1-12-8-16-15-5-4-13-9-14(25)6-7-19(13,2)21(15,23)17(26)10-20(16,3)22(12,28)18(27)11-24/h9,12,15-17,24,26,28H,4-8,10-11H2,1-3H3/t12-,15-,16+,17-,19-,20-,21-,22-/m0/s1. The maximum absolute atomic E-state index is 16.9. The number of hydrogen-bond acceptors (Lipinski definition) is 5. The van der Waals surface area contributed by atoms with Gasteiger partial charge in [0.1, 0.15) is 17.9 Å². The molecule has 0 aromatic rings. The second-order valence-electron chi connectivity index (χ2n) is 10.1. The van der Waals surface area contributed by atoms with Crippen LogP contribution in [0.2, 0.25) is 0 Å². The minimum atomic E-state index is -1.89. The van der Waals surface area contributed by atoms with Crippen molar-refractivity contribution in [1.29, 1.82) is 0 Å². The van der Waals surface area contributed by atoms with E-state index in [1.807, 2.05) is 6.92 Å². The summed E-state index contributed by atoms with van der Waals surface area (Å²) in [4.78, 5) is 24.5. The monoisotopic (exact) mass is 394 g/mol. The molecule has 0 amide bonds. The summed E-state index contributed by atoms with van der Waals surface area (Å²) in [7, 11) is 0. The van der Waals surface area contributed by atoms with E-state index in [0.717, 1.165) is 5.57 Å². The number of hydrogen-bond donors (Lipinski definition) is 3. The second kappa shape index (κ2) is 5.96. The molecule has 3 fully saturated rings. The highest BCUT2D eigenvalue weighted by Crippen LogP contribution is 2.71. The van der Waals surface area contributed by atoms with Crippen LogP contribution in [-0.2, 0) is 9.59 Å². The third-order valence-corrected chi connectivity index (χ3v) is 9.19. The van der Waals surface area contributed by atoms with Crippen molar-refractivity contribution in [2.45, 2.75) is 76.7 Å². The number of Topliss-reactive ketones (excluding diaryl/α,β-unsaturated/α-hetero) is 1. The zero-order chi connectivity index (χ0) is 20.7. The fourth-order valence-electron chi connectivity index (χ4n) is 7.62. The van der Waals surface area contributed by atoms with Crippen LogP contribution >= 0.6 is 0 Å². The normalized spacial score (nSPS) is 53.1. The number of allylic oxidation sites excluding steroid dienone is 1. The predicted octanol–water partition coefficient (Wildman–Crippen LogP) is 2.12. The Hall–Kier alpha value is -1.11. The molecule has 0 aromatic carbocycles. The molecule has 0 spiro atoms. The first-order valence-corrected chi connectivity index (χ1v) is 10.4. The smallest absolute Gasteiger partial charge is 0.190 e. The van der Waals surface area contributed by atoms with E-state index in [4.69, 9.17) is 0 Å². The molecule has 28 heavy (non-hydrogen) atoms. The number of aliphatic hydroxyl groups is 3. The summed E-state index contributed by atoms with van der Waals surface area (Å²) in [6.45, 7) is 4.61. The highest BCUT2D eigenvalue weighted by molar-refractivity contribution is 5.92. The molecule has 5 nitrogen and oxygen atoms in total. The molecule has 0 heterocycles. The van der Waals surface area contributed by atoms with Crippen LogP contribution in [0.1, 0.15) is 59.3 Å². The Morgan fingerprint density at radius 2 is 1.96 bits per heavy atom. The molecule has 6 heteroatoms. The van der Waals surface area contributed by atoms with Crippen molar-refractivity contribution in [2.75, 3.05) is 6.61 Å². The largest absolute Gasteiger partial charge is 0.390 e. The van der Waals surface area contributed by atoms with Crippen LogP contribution in [-0.4, -0.2) is 50.9 Å². The molecule has 3 saturated carbocycles. The minimum absolute atomic E-state index is 0.0158. The van der Waals surface area contributed by atoms with E-state index in [1.54, 1.807) is 19.9 Å². The highest BCUT2D eigenvalue weighted by atomic mass is 19.1. The van der Waals surface area contributed by atoms with Crippen molar-refractivity contribution in [3.05, 3.63) is 11.6 Å². The molecule has 0 saturated heterocycles. The van der Waals surface area contributed by atoms with Gasteiger partial charge in [-0.15, -0.1) is 0 Å². The molecule has 8 atom stereocenters. The lowest BCUT2D eigenvalue weighted by Crippen LogP contribution is -2.69. The molecular weight excluding hydrogens is 363 g/mol. The maximum Gasteiger partial charge on any atom is 0.190 e. The molecule has 0 unspecified atom stereocenters. The number of carbonyl (C=O) groups is 2. The van der Waals surface area contributed by atoms with Gasteiger partial charge in [-0.05, 0) is 50.0 Å². The van der Waals surface area contributed by atoms with E-state index < -0.39 is 52.4 Å². The zero-order valence-corrected chi connectivity index (χ0v) is 16.9. The molecule has 3 N–H and O–H groups in total. The summed E-state index contributed by atoms with van der Waals surface area (Å²) >= 11 is 0. The van der Waals surface area contributed by atoms with Crippen molar-refractivity contribution < 1.29 is 29.3 Å². The highest BCUT2D eigenvalue weighted by Gasteiger charge is 2.75. The fourth-order valence-corrected chi connectivity index (χ4v) is 7.62. The van der Waals surface area contributed by atoms with E-state index in [2.05, 4.69) is 0 Å². The van der Waals surface area contributed by atoms with Gasteiger partial charge >= 0.3 is 0 Å². The summed E-state index contributed by atoms with van der Waals surface area (Å²) in [5.41, 5.74) is -4.77. The molecule has 156 valence electrons. The Morgan fingerprint density at radius 3 is 2.61 bits per heavy atom. The van der Waals surface area contributed by atoms with E-state index in [1.165, 1.54) is 0 Å². The maximum atomic E-state index is 16.9. The number of alkyl halides is 1. The van der Waals surface area contributed by atoms with Crippen LogP contribution in [0.5, 0.6) is 0 Å². The van der Waals surface area contributed by atoms with Gasteiger partial charge in [0.05, 0.1) is 6.10 Å². The lowest BCUT2D eigenvalue weighted by atomic mass is 9.44. The van der Waals surface area contributed by atoms with Gasteiger partial charge in [0.25, 0.3) is 0 Å². The van der Waals surface area contributed by atoms with Gasteiger partial charge in [0.15, 0.2) is 11.6 Å².